The molecule has 16 heavy (non-hydrogen) atoms. The minimum Gasteiger partial charge on any atom is -0.385 e. The van der Waals surface area contributed by atoms with Crippen molar-refractivity contribution in [3.05, 3.63) is 33.4 Å². The minimum absolute atomic E-state index is 0.193. The molecule has 0 saturated heterocycles. The molecule has 4 heteroatoms. The van der Waals surface area contributed by atoms with Crippen molar-refractivity contribution < 1.29 is 4.92 Å². The summed E-state index contributed by atoms with van der Waals surface area (Å²) in [5.74, 6) is 0. The van der Waals surface area contributed by atoms with E-state index in [0.29, 0.717) is 5.56 Å². The number of benzene rings is 1. The number of nitrogens with one attached hydrogen (secondary N) is 1. The summed E-state index contributed by atoms with van der Waals surface area (Å²) in [6.07, 6.45) is 2.24. The normalized spacial score (nSPS) is 10.2. The van der Waals surface area contributed by atoms with Crippen LogP contribution >= 0.6 is 0 Å². The van der Waals surface area contributed by atoms with E-state index in [9.17, 15) is 10.1 Å². The number of nitro groups is 1. The van der Waals surface area contributed by atoms with Crippen molar-refractivity contribution >= 4 is 11.4 Å². The van der Waals surface area contributed by atoms with Crippen molar-refractivity contribution in [3.8, 4) is 0 Å². The highest BCUT2D eigenvalue weighted by atomic mass is 16.6. The molecule has 0 aliphatic carbocycles. The molecule has 0 aliphatic rings. The third-order valence-corrected chi connectivity index (χ3v) is 2.59. The summed E-state index contributed by atoms with van der Waals surface area (Å²) in [4.78, 5) is 10.4. The molecule has 88 valence electrons. The summed E-state index contributed by atoms with van der Waals surface area (Å²) < 4.78 is 0. The Kier molecular flexibility index (Phi) is 4.28. The van der Waals surface area contributed by atoms with Crippen LogP contribution in [0.2, 0.25) is 0 Å². The van der Waals surface area contributed by atoms with Crippen LogP contribution in [0.25, 0.3) is 0 Å². The Labute approximate surface area is 95.8 Å². The summed E-state index contributed by atoms with van der Waals surface area (Å²) >= 11 is 0. The van der Waals surface area contributed by atoms with Gasteiger partial charge in [0.15, 0.2) is 0 Å². The van der Waals surface area contributed by atoms with Crippen LogP contribution in [-0.4, -0.2) is 11.5 Å². The van der Waals surface area contributed by atoms with Crippen LogP contribution in [0, 0.1) is 24.0 Å². The molecule has 0 atom stereocenters. The summed E-state index contributed by atoms with van der Waals surface area (Å²) in [6, 6.07) is 3.48. The zero-order valence-corrected chi connectivity index (χ0v) is 10.0. The maximum Gasteiger partial charge on any atom is 0.272 e. The summed E-state index contributed by atoms with van der Waals surface area (Å²) in [7, 11) is 0. The molecule has 1 rings (SSSR count). The van der Waals surface area contributed by atoms with Crippen LogP contribution in [0.1, 0.15) is 30.9 Å². The van der Waals surface area contributed by atoms with Gasteiger partial charge in [0, 0.05) is 23.9 Å². The summed E-state index contributed by atoms with van der Waals surface area (Å²) in [5.41, 5.74) is 2.82. The second-order valence-corrected chi connectivity index (χ2v) is 3.99. The van der Waals surface area contributed by atoms with Crippen molar-refractivity contribution in [1.29, 1.82) is 0 Å². The largest absolute Gasteiger partial charge is 0.385 e. The lowest BCUT2D eigenvalue weighted by Gasteiger charge is -2.10. The van der Waals surface area contributed by atoms with Gasteiger partial charge in [0.2, 0.25) is 0 Å². The predicted molar refractivity (Wildman–Crippen MR) is 66.0 cm³/mol. The Hall–Kier alpha value is -1.58. The van der Waals surface area contributed by atoms with Crippen molar-refractivity contribution in [2.24, 2.45) is 0 Å². The Bertz CT molecular complexity index is 389. The van der Waals surface area contributed by atoms with E-state index in [0.717, 1.165) is 30.6 Å². The maximum absolute atomic E-state index is 10.7. The number of rotatable bonds is 5. The zero-order chi connectivity index (χ0) is 12.1. The van der Waals surface area contributed by atoms with Crippen LogP contribution < -0.4 is 5.32 Å². The van der Waals surface area contributed by atoms with Gasteiger partial charge in [-0.1, -0.05) is 13.3 Å². The van der Waals surface area contributed by atoms with Gasteiger partial charge in [0.1, 0.15) is 0 Å². The van der Waals surface area contributed by atoms with Crippen molar-refractivity contribution in [3.63, 3.8) is 0 Å². The van der Waals surface area contributed by atoms with Crippen LogP contribution in [-0.2, 0) is 0 Å². The van der Waals surface area contributed by atoms with Gasteiger partial charge >= 0.3 is 0 Å². The number of anilines is 1. The average molecular weight is 222 g/mol. The lowest BCUT2D eigenvalue weighted by Crippen LogP contribution is -2.04. The Morgan fingerprint density at radius 2 is 2.00 bits per heavy atom. The van der Waals surface area contributed by atoms with Gasteiger partial charge in [0.25, 0.3) is 5.69 Å². The number of hydrogen-bond acceptors (Lipinski definition) is 3. The fourth-order valence-corrected chi connectivity index (χ4v) is 1.59. The molecular weight excluding hydrogens is 204 g/mol. The molecule has 4 nitrogen and oxygen atoms in total. The third-order valence-electron chi connectivity index (χ3n) is 2.59. The molecule has 1 aromatic rings. The molecule has 0 aromatic heterocycles. The van der Waals surface area contributed by atoms with Gasteiger partial charge in [-0.2, -0.15) is 0 Å². The van der Waals surface area contributed by atoms with Crippen molar-refractivity contribution in [2.45, 2.75) is 33.6 Å². The van der Waals surface area contributed by atoms with Crippen LogP contribution in [0.3, 0.4) is 0 Å². The van der Waals surface area contributed by atoms with E-state index in [1.807, 2.05) is 13.0 Å². The summed E-state index contributed by atoms with van der Waals surface area (Å²) in [6.45, 7) is 6.70. The van der Waals surface area contributed by atoms with Gasteiger partial charge < -0.3 is 5.32 Å². The molecule has 0 unspecified atom stereocenters. The van der Waals surface area contributed by atoms with Crippen molar-refractivity contribution in [2.75, 3.05) is 11.9 Å². The lowest BCUT2D eigenvalue weighted by atomic mass is 10.1. The predicted octanol–water partition coefficient (Wildman–Crippen LogP) is 3.42. The average Bonchev–Trinajstić information content (AvgIpc) is 2.22. The number of unbranched alkanes of at least 4 members (excludes halogenated alkanes) is 1. The molecule has 0 aliphatic heterocycles. The molecule has 0 heterocycles. The van der Waals surface area contributed by atoms with E-state index in [1.165, 1.54) is 0 Å². The first kappa shape index (κ1) is 12.5. The first-order valence-corrected chi connectivity index (χ1v) is 5.55. The van der Waals surface area contributed by atoms with Gasteiger partial charge in [-0.25, -0.2) is 0 Å². The molecule has 0 radical (unpaired) electrons. The first-order chi connectivity index (χ1) is 7.56. The smallest absolute Gasteiger partial charge is 0.272 e. The molecular formula is C12H18N2O2. The highest BCUT2D eigenvalue weighted by Gasteiger charge is 2.12. The van der Waals surface area contributed by atoms with Crippen LogP contribution in [0.5, 0.6) is 0 Å². The third kappa shape index (κ3) is 2.95. The molecule has 1 aromatic carbocycles. The Morgan fingerprint density at radius 3 is 2.56 bits per heavy atom. The summed E-state index contributed by atoms with van der Waals surface area (Å²) in [5, 5.41) is 14.0. The Balaban J connectivity index is 2.88. The monoisotopic (exact) mass is 222 g/mol. The molecule has 0 bridgehead atoms. The molecule has 0 spiro atoms. The SMILES string of the molecule is CCCCNc1cc(C)c([N+](=O)[O-])cc1C. The standard InChI is InChI=1S/C12H18N2O2/c1-4-5-6-13-11-7-10(3)12(14(15)16)8-9(11)2/h7-8,13H,4-6H2,1-3H3. The van der Waals surface area contributed by atoms with E-state index in [1.54, 1.807) is 13.0 Å². The topological polar surface area (TPSA) is 55.2 Å². The quantitative estimate of drug-likeness (QED) is 0.471. The van der Waals surface area contributed by atoms with E-state index < -0.39 is 0 Å². The van der Waals surface area contributed by atoms with Crippen molar-refractivity contribution in [1.82, 2.24) is 0 Å². The van der Waals surface area contributed by atoms with E-state index >= 15 is 0 Å². The molecule has 0 fully saturated rings. The van der Waals surface area contributed by atoms with Gasteiger partial charge in [-0.3, -0.25) is 10.1 Å². The highest BCUT2D eigenvalue weighted by molar-refractivity contribution is 5.59. The fourth-order valence-electron chi connectivity index (χ4n) is 1.59. The minimum atomic E-state index is -0.335. The zero-order valence-electron chi connectivity index (χ0n) is 10.0. The number of nitro benzene ring substituents is 1. The Morgan fingerprint density at radius 1 is 1.31 bits per heavy atom. The number of hydrogen-bond donors (Lipinski definition) is 1. The lowest BCUT2D eigenvalue weighted by molar-refractivity contribution is -0.385. The molecule has 0 amide bonds. The highest BCUT2D eigenvalue weighted by Crippen LogP contribution is 2.25. The molecule has 1 N–H and O–H groups in total. The van der Waals surface area contributed by atoms with Crippen LogP contribution in [0.4, 0.5) is 11.4 Å². The fraction of sp³-hybridized carbons (Fsp3) is 0.500. The van der Waals surface area contributed by atoms with Gasteiger partial charge in [0.05, 0.1) is 4.92 Å². The number of aryl methyl sites for hydroxylation is 2. The number of nitrogens with zero attached hydrogens (tertiary/aromatic N) is 1. The first-order valence-electron chi connectivity index (χ1n) is 5.55. The van der Waals surface area contributed by atoms with E-state index in [-0.39, 0.29) is 10.6 Å². The van der Waals surface area contributed by atoms with Gasteiger partial charge in [-0.05, 0) is 31.9 Å². The second-order valence-electron chi connectivity index (χ2n) is 3.99. The van der Waals surface area contributed by atoms with Crippen LogP contribution in [0.15, 0.2) is 12.1 Å². The molecule has 0 saturated carbocycles. The van der Waals surface area contributed by atoms with Gasteiger partial charge in [-0.15, -0.1) is 0 Å². The second kappa shape index (κ2) is 5.49. The maximum atomic E-state index is 10.7. The van der Waals surface area contributed by atoms with E-state index in [4.69, 9.17) is 0 Å². The van der Waals surface area contributed by atoms with E-state index in [2.05, 4.69) is 12.2 Å².